The third-order valence-electron chi connectivity index (χ3n) is 4.47. The van der Waals surface area contributed by atoms with Gasteiger partial charge in [-0.05, 0) is 37.3 Å². The molecule has 144 valence electrons. The molecule has 0 aliphatic carbocycles. The van der Waals surface area contributed by atoms with Crippen LogP contribution in [0.15, 0.2) is 18.2 Å². The molecule has 2 amide bonds. The van der Waals surface area contributed by atoms with E-state index in [9.17, 15) is 22.8 Å². The van der Waals surface area contributed by atoms with Gasteiger partial charge in [0.05, 0.1) is 0 Å². The molecule has 8 heteroatoms. The van der Waals surface area contributed by atoms with Crippen LogP contribution in [0, 0.1) is 12.8 Å². The molecule has 0 radical (unpaired) electrons. The number of amides is 2. The molecule has 1 aliphatic rings. The molecule has 5 nitrogen and oxygen atoms in total. The van der Waals surface area contributed by atoms with Gasteiger partial charge in [-0.2, -0.15) is 13.2 Å². The van der Waals surface area contributed by atoms with Crippen molar-refractivity contribution in [3.05, 3.63) is 29.3 Å². The lowest BCUT2D eigenvalue weighted by Crippen LogP contribution is -2.42. The smallest absolute Gasteiger partial charge is 0.422 e. The number of carbonyl (C=O) groups excluding carboxylic acids is 2. The van der Waals surface area contributed by atoms with Crippen molar-refractivity contribution < 1.29 is 27.5 Å². The number of anilines is 1. The molecule has 2 rings (SSSR count). The van der Waals surface area contributed by atoms with Gasteiger partial charge >= 0.3 is 12.3 Å². The van der Waals surface area contributed by atoms with Crippen molar-refractivity contribution in [1.29, 1.82) is 0 Å². The summed E-state index contributed by atoms with van der Waals surface area (Å²) in [5, 5.41) is 2.97. The van der Waals surface area contributed by atoms with Crippen LogP contribution in [-0.2, 0) is 16.0 Å². The van der Waals surface area contributed by atoms with Gasteiger partial charge in [-0.25, -0.2) is 4.79 Å². The second-order valence-electron chi connectivity index (χ2n) is 6.38. The van der Waals surface area contributed by atoms with Gasteiger partial charge in [0.25, 0.3) is 0 Å². The Labute approximate surface area is 150 Å². The van der Waals surface area contributed by atoms with Crippen LogP contribution < -0.4 is 5.32 Å². The number of aryl methyl sites for hydroxylation is 2. The number of piperidine rings is 1. The van der Waals surface area contributed by atoms with Crippen molar-refractivity contribution in [2.75, 3.05) is 25.0 Å². The number of ether oxygens (including phenoxy) is 1. The summed E-state index contributed by atoms with van der Waals surface area (Å²) in [5.41, 5.74) is 2.84. The summed E-state index contributed by atoms with van der Waals surface area (Å²) in [6.45, 7) is 2.73. The first-order valence-electron chi connectivity index (χ1n) is 8.59. The van der Waals surface area contributed by atoms with E-state index in [1.807, 2.05) is 32.0 Å². The Morgan fingerprint density at radius 3 is 2.50 bits per heavy atom. The molecule has 0 atom stereocenters. The number of hydrogen-bond donors (Lipinski definition) is 1. The SMILES string of the molecule is CCc1cccc(C)c1NC(=O)C1CCN(C(=O)OCC(F)(F)F)CC1. The second kappa shape index (κ2) is 8.42. The highest BCUT2D eigenvalue weighted by Crippen LogP contribution is 2.25. The van der Waals surface area contributed by atoms with Crippen LogP contribution in [-0.4, -0.2) is 42.8 Å². The number of carbonyl (C=O) groups is 2. The molecule has 1 saturated heterocycles. The first-order valence-corrected chi connectivity index (χ1v) is 8.59. The molecule has 26 heavy (non-hydrogen) atoms. The Morgan fingerprint density at radius 2 is 1.92 bits per heavy atom. The minimum absolute atomic E-state index is 0.127. The monoisotopic (exact) mass is 372 g/mol. The van der Waals surface area contributed by atoms with Gasteiger partial charge in [0.2, 0.25) is 5.91 Å². The summed E-state index contributed by atoms with van der Waals surface area (Å²) in [4.78, 5) is 25.4. The number of halogens is 3. The van der Waals surface area contributed by atoms with Gasteiger partial charge in [0.15, 0.2) is 6.61 Å². The number of nitrogens with one attached hydrogen (secondary N) is 1. The molecule has 0 aromatic heterocycles. The van der Waals surface area contributed by atoms with Crippen molar-refractivity contribution in [1.82, 2.24) is 4.90 Å². The number of rotatable bonds is 4. The molecule has 0 spiro atoms. The highest BCUT2D eigenvalue weighted by Gasteiger charge is 2.33. The van der Waals surface area contributed by atoms with Crippen LogP contribution in [0.5, 0.6) is 0 Å². The Morgan fingerprint density at radius 1 is 1.27 bits per heavy atom. The van der Waals surface area contributed by atoms with Crippen LogP contribution in [0.2, 0.25) is 0 Å². The van der Waals surface area contributed by atoms with Gasteiger partial charge < -0.3 is 15.0 Å². The molecule has 1 aliphatic heterocycles. The van der Waals surface area contributed by atoms with Crippen LogP contribution in [0.3, 0.4) is 0 Å². The van der Waals surface area contributed by atoms with E-state index in [-0.39, 0.29) is 24.9 Å². The van der Waals surface area contributed by atoms with E-state index < -0.39 is 18.9 Å². The highest BCUT2D eigenvalue weighted by molar-refractivity contribution is 5.94. The van der Waals surface area contributed by atoms with E-state index in [4.69, 9.17) is 0 Å². The third-order valence-corrected chi connectivity index (χ3v) is 4.47. The fraction of sp³-hybridized carbons (Fsp3) is 0.556. The Kier molecular flexibility index (Phi) is 6.50. The maximum Gasteiger partial charge on any atom is 0.422 e. The van der Waals surface area contributed by atoms with Crippen molar-refractivity contribution in [3.8, 4) is 0 Å². The summed E-state index contributed by atoms with van der Waals surface area (Å²) < 4.78 is 40.6. The van der Waals surface area contributed by atoms with Crippen LogP contribution in [0.1, 0.15) is 30.9 Å². The van der Waals surface area contributed by atoms with Crippen LogP contribution >= 0.6 is 0 Å². The fourth-order valence-corrected chi connectivity index (χ4v) is 2.99. The Hall–Kier alpha value is -2.25. The molecule has 0 unspecified atom stereocenters. The second-order valence-corrected chi connectivity index (χ2v) is 6.38. The molecule has 1 heterocycles. The molecule has 1 fully saturated rings. The largest absolute Gasteiger partial charge is 0.440 e. The van der Waals surface area contributed by atoms with E-state index in [2.05, 4.69) is 10.1 Å². The van der Waals surface area contributed by atoms with E-state index in [0.717, 1.165) is 23.2 Å². The average Bonchev–Trinajstić information content (AvgIpc) is 2.60. The van der Waals surface area contributed by atoms with Gasteiger partial charge in [0, 0.05) is 24.7 Å². The Balaban J connectivity index is 1.88. The first kappa shape index (κ1) is 20.1. The third kappa shape index (κ3) is 5.37. The Bertz CT molecular complexity index is 654. The summed E-state index contributed by atoms with van der Waals surface area (Å²) in [6, 6.07) is 5.82. The number of benzene rings is 1. The topological polar surface area (TPSA) is 58.6 Å². The van der Waals surface area contributed by atoms with Gasteiger partial charge in [-0.1, -0.05) is 25.1 Å². The average molecular weight is 372 g/mol. The molecule has 1 N–H and O–H groups in total. The lowest BCUT2D eigenvalue weighted by molar-refractivity contribution is -0.162. The highest BCUT2D eigenvalue weighted by atomic mass is 19.4. The number of para-hydroxylation sites is 1. The predicted molar refractivity (Wildman–Crippen MR) is 90.9 cm³/mol. The number of alkyl halides is 3. The van der Waals surface area contributed by atoms with Gasteiger partial charge in [0.1, 0.15) is 0 Å². The fourth-order valence-electron chi connectivity index (χ4n) is 2.99. The van der Waals surface area contributed by atoms with Crippen molar-refractivity contribution in [2.24, 2.45) is 5.92 Å². The summed E-state index contributed by atoms with van der Waals surface area (Å²) >= 11 is 0. The predicted octanol–water partition coefficient (Wildman–Crippen LogP) is 3.91. The summed E-state index contributed by atoms with van der Waals surface area (Å²) in [7, 11) is 0. The van der Waals surface area contributed by atoms with Crippen molar-refractivity contribution in [3.63, 3.8) is 0 Å². The van der Waals surface area contributed by atoms with Crippen LogP contribution in [0.4, 0.5) is 23.7 Å². The molecular formula is C18H23F3N2O3. The van der Waals surface area contributed by atoms with E-state index >= 15 is 0 Å². The maximum absolute atomic E-state index is 12.5. The van der Waals surface area contributed by atoms with Gasteiger partial charge in [-0.3, -0.25) is 4.79 Å². The standard InChI is InChI=1S/C18H23F3N2O3/c1-3-13-6-4-5-12(2)15(13)22-16(24)14-7-9-23(10-8-14)17(25)26-11-18(19,20)21/h4-6,14H,3,7-11H2,1-2H3,(H,22,24). The molecule has 0 bridgehead atoms. The van der Waals surface area contributed by atoms with Crippen molar-refractivity contribution >= 4 is 17.7 Å². The zero-order valence-corrected chi connectivity index (χ0v) is 14.9. The van der Waals surface area contributed by atoms with Crippen LogP contribution in [0.25, 0.3) is 0 Å². The van der Waals surface area contributed by atoms with Crippen molar-refractivity contribution in [2.45, 2.75) is 39.3 Å². The number of hydrogen-bond acceptors (Lipinski definition) is 3. The van der Waals surface area contributed by atoms with E-state index in [1.165, 1.54) is 4.90 Å². The zero-order valence-electron chi connectivity index (χ0n) is 14.9. The lowest BCUT2D eigenvalue weighted by Gasteiger charge is -2.31. The van der Waals surface area contributed by atoms with Gasteiger partial charge in [-0.15, -0.1) is 0 Å². The minimum Gasteiger partial charge on any atom is -0.440 e. The summed E-state index contributed by atoms with van der Waals surface area (Å²) in [5.74, 6) is -0.414. The number of likely N-dealkylation sites (tertiary alicyclic amines) is 1. The minimum atomic E-state index is -4.54. The quantitative estimate of drug-likeness (QED) is 0.872. The summed E-state index contributed by atoms with van der Waals surface area (Å²) in [6.07, 6.45) is -3.96. The molecule has 1 aromatic rings. The van der Waals surface area contributed by atoms with E-state index in [1.54, 1.807) is 0 Å². The zero-order chi connectivity index (χ0) is 19.3. The molecular weight excluding hydrogens is 349 g/mol. The molecule has 1 aromatic carbocycles. The lowest BCUT2D eigenvalue weighted by atomic mass is 9.95. The number of nitrogens with zero attached hydrogens (tertiary/aromatic N) is 1. The molecule has 0 saturated carbocycles. The normalized spacial score (nSPS) is 15.7. The maximum atomic E-state index is 12.5. The van der Waals surface area contributed by atoms with E-state index in [0.29, 0.717) is 12.8 Å². The first-order chi connectivity index (χ1) is 12.2.